The maximum atomic E-state index is 13.0. The first-order valence-corrected chi connectivity index (χ1v) is 10.1. The highest BCUT2D eigenvalue weighted by atomic mass is 32.2. The van der Waals surface area contributed by atoms with Crippen molar-refractivity contribution in [2.75, 3.05) is 5.75 Å². The lowest BCUT2D eigenvalue weighted by molar-refractivity contribution is -0.137. The van der Waals surface area contributed by atoms with Gasteiger partial charge in [0.05, 0.1) is 5.56 Å². The van der Waals surface area contributed by atoms with Crippen molar-refractivity contribution in [3.05, 3.63) is 36.2 Å². The van der Waals surface area contributed by atoms with Crippen LogP contribution in [0.1, 0.15) is 12.5 Å². The van der Waals surface area contributed by atoms with E-state index in [1.165, 1.54) is 29.4 Å². The van der Waals surface area contributed by atoms with Gasteiger partial charge in [-0.05, 0) is 35.7 Å². The molecule has 0 unspecified atom stereocenters. The van der Waals surface area contributed by atoms with Gasteiger partial charge in [0.2, 0.25) is 0 Å². The Morgan fingerprint density at radius 1 is 1.00 bits per heavy atom. The van der Waals surface area contributed by atoms with Crippen LogP contribution in [0.4, 0.5) is 26.3 Å². The molecular weight excluding hydrogens is 452 g/mol. The van der Waals surface area contributed by atoms with Gasteiger partial charge in [-0.25, -0.2) is 0 Å². The highest BCUT2D eigenvalue weighted by Crippen LogP contribution is 2.40. The van der Waals surface area contributed by atoms with E-state index in [9.17, 15) is 26.3 Å². The quantitative estimate of drug-likeness (QED) is 0.357. The molecule has 13 heteroatoms. The van der Waals surface area contributed by atoms with Gasteiger partial charge < -0.3 is 4.57 Å². The Hall–Kier alpha value is -2.28. The van der Waals surface area contributed by atoms with Gasteiger partial charge >= 0.3 is 11.7 Å². The minimum absolute atomic E-state index is 0.0417. The fourth-order valence-corrected chi connectivity index (χ4v) is 3.96. The van der Waals surface area contributed by atoms with Crippen LogP contribution in [-0.4, -0.2) is 36.0 Å². The van der Waals surface area contributed by atoms with Crippen LogP contribution >= 0.6 is 23.5 Å². The number of aromatic nitrogens is 5. The number of hydrogen-bond donors (Lipinski definition) is 0. The summed E-state index contributed by atoms with van der Waals surface area (Å²) in [6, 6.07) is 3.05. The fourth-order valence-electron chi connectivity index (χ4n) is 2.54. The first-order chi connectivity index (χ1) is 14.0. The minimum atomic E-state index is -4.54. The van der Waals surface area contributed by atoms with Crippen LogP contribution in [0.3, 0.4) is 0 Å². The maximum Gasteiger partial charge on any atom is 0.446 e. The van der Waals surface area contributed by atoms with Crippen LogP contribution in [0, 0.1) is 0 Å². The van der Waals surface area contributed by atoms with Crippen molar-refractivity contribution in [2.45, 2.75) is 28.4 Å². The molecule has 5 nitrogen and oxygen atoms in total. The topological polar surface area (TPSA) is 56.5 Å². The molecule has 3 aromatic heterocycles. The smallest absolute Gasteiger partial charge is 0.307 e. The van der Waals surface area contributed by atoms with E-state index in [1.807, 2.05) is 6.92 Å². The minimum Gasteiger partial charge on any atom is -0.307 e. The zero-order chi connectivity index (χ0) is 22.1. The van der Waals surface area contributed by atoms with E-state index in [2.05, 4.69) is 20.2 Å². The highest BCUT2D eigenvalue weighted by molar-refractivity contribution is 8.00. The van der Waals surface area contributed by atoms with Gasteiger partial charge in [0.15, 0.2) is 11.6 Å². The predicted molar refractivity (Wildman–Crippen MR) is 101 cm³/mol. The molecule has 160 valence electrons. The second-order valence-electron chi connectivity index (χ2n) is 5.83. The molecule has 0 radical (unpaired) electrons. The lowest BCUT2D eigenvalue weighted by Crippen LogP contribution is -2.06. The molecule has 0 atom stereocenters. The average molecular weight is 465 g/mol. The van der Waals surface area contributed by atoms with Gasteiger partial charge in [0, 0.05) is 29.2 Å². The monoisotopic (exact) mass is 465 g/mol. The Labute approximate surface area is 175 Å². The summed E-state index contributed by atoms with van der Waals surface area (Å²) in [5.41, 5.74) is -5.10. The van der Waals surface area contributed by atoms with Crippen LogP contribution in [0.5, 0.6) is 0 Å². The zero-order valence-electron chi connectivity index (χ0n) is 15.4. The summed E-state index contributed by atoms with van der Waals surface area (Å²) in [4.78, 5) is 8.41. The molecule has 0 fully saturated rings. The van der Waals surface area contributed by atoms with E-state index in [0.29, 0.717) is 10.6 Å². The molecule has 0 aromatic carbocycles. The van der Waals surface area contributed by atoms with Gasteiger partial charge in [-0.2, -0.15) is 26.3 Å². The van der Waals surface area contributed by atoms with E-state index >= 15 is 0 Å². The molecule has 0 saturated heterocycles. The van der Waals surface area contributed by atoms with E-state index in [4.69, 9.17) is 0 Å². The Balaban J connectivity index is 2.03. The van der Waals surface area contributed by atoms with Crippen molar-refractivity contribution >= 4 is 23.5 Å². The Morgan fingerprint density at radius 2 is 1.70 bits per heavy atom. The van der Waals surface area contributed by atoms with Crippen molar-refractivity contribution in [1.82, 2.24) is 24.7 Å². The number of rotatable bonds is 5. The number of hydrogen-bond acceptors (Lipinski definition) is 6. The SMILES string of the molecule is CCSc1cc(SC(F)(F)F)cnc1-c1nnc(-c2cc(C(F)(F)F)ccn2)n1C. The molecule has 0 amide bonds. The third-order valence-corrected chi connectivity index (χ3v) is 5.37. The van der Waals surface area contributed by atoms with Gasteiger partial charge in [-0.1, -0.05) is 6.92 Å². The number of thioether (sulfide) groups is 2. The third kappa shape index (κ3) is 5.06. The molecule has 0 spiro atoms. The average Bonchev–Trinajstić information content (AvgIpc) is 3.02. The van der Waals surface area contributed by atoms with Crippen LogP contribution in [0.2, 0.25) is 0 Å². The maximum absolute atomic E-state index is 13.0. The summed E-state index contributed by atoms with van der Waals surface area (Å²) in [7, 11) is 1.52. The van der Waals surface area contributed by atoms with Gasteiger partial charge in [0.1, 0.15) is 11.4 Å². The molecule has 0 saturated carbocycles. The number of halogens is 6. The van der Waals surface area contributed by atoms with Crippen molar-refractivity contribution in [2.24, 2.45) is 7.05 Å². The van der Waals surface area contributed by atoms with Gasteiger partial charge in [-0.15, -0.1) is 22.0 Å². The second kappa shape index (κ2) is 8.46. The van der Waals surface area contributed by atoms with E-state index in [1.54, 1.807) is 0 Å². The van der Waals surface area contributed by atoms with Crippen molar-refractivity contribution in [3.63, 3.8) is 0 Å². The Bertz CT molecular complexity index is 1050. The van der Waals surface area contributed by atoms with E-state index in [0.717, 1.165) is 24.5 Å². The number of nitrogens with zero attached hydrogens (tertiary/aromatic N) is 5. The van der Waals surface area contributed by atoms with E-state index in [-0.39, 0.29) is 39.7 Å². The Morgan fingerprint density at radius 3 is 2.33 bits per heavy atom. The standard InChI is InChI=1S/C17H13F6N5S2/c1-3-29-12-7-10(30-17(21,22)23)8-25-13(12)15-27-26-14(28(15)2)11-6-9(4-5-24-11)16(18,19)20/h4-8H,3H2,1-2H3. The molecule has 3 rings (SSSR count). The third-order valence-electron chi connectivity index (χ3n) is 3.76. The van der Waals surface area contributed by atoms with Crippen LogP contribution in [-0.2, 0) is 13.2 Å². The summed E-state index contributed by atoms with van der Waals surface area (Å²) in [5, 5.41) is 7.91. The highest BCUT2D eigenvalue weighted by Gasteiger charge is 2.32. The first-order valence-electron chi connectivity index (χ1n) is 8.31. The van der Waals surface area contributed by atoms with Crippen molar-refractivity contribution < 1.29 is 26.3 Å². The van der Waals surface area contributed by atoms with Crippen LogP contribution in [0.15, 0.2) is 40.4 Å². The Kier molecular flexibility index (Phi) is 6.32. The van der Waals surface area contributed by atoms with E-state index < -0.39 is 17.2 Å². The van der Waals surface area contributed by atoms with Crippen LogP contribution < -0.4 is 0 Å². The van der Waals surface area contributed by atoms with Crippen LogP contribution in [0.25, 0.3) is 23.0 Å². The molecule has 3 heterocycles. The summed E-state index contributed by atoms with van der Waals surface area (Å²) in [5.74, 6) is 0.831. The predicted octanol–water partition coefficient (Wildman–Crippen LogP) is 5.68. The van der Waals surface area contributed by atoms with Crippen molar-refractivity contribution in [1.29, 1.82) is 0 Å². The molecule has 0 N–H and O–H groups in total. The summed E-state index contributed by atoms with van der Waals surface area (Å²) in [6.45, 7) is 1.83. The van der Waals surface area contributed by atoms with Gasteiger partial charge in [0.25, 0.3) is 0 Å². The molecule has 30 heavy (non-hydrogen) atoms. The molecular formula is C17H13F6N5S2. The lowest BCUT2D eigenvalue weighted by atomic mass is 10.2. The normalized spacial score (nSPS) is 12.4. The molecule has 0 aliphatic rings. The summed E-state index contributed by atoms with van der Waals surface area (Å²) < 4.78 is 78.4. The lowest BCUT2D eigenvalue weighted by Gasteiger charge is -2.11. The first kappa shape index (κ1) is 22.4. The molecule has 0 aliphatic carbocycles. The van der Waals surface area contributed by atoms with Crippen molar-refractivity contribution in [3.8, 4) is 23.0 Å². The summed E-state index contributed by atoms with van der Waals surface area (Å²) in [6.07, 6.45) is -2.45. The van der Waals surface area contributed by atoms with Gasteiger partial charge in [-0.3, -0.25) is 9.97 Å². The number of pyridine rings is 2. The summed E-state index contributed by atoms with van der Waals surface area (Å²) >= 11 is 0.987. The second-order valence-corrected chi connectivity index (χ2v) is 8.28. The fraction of sp³-hybridized carbons (Fsp3) is 0.294. The largest absolute Gasteiger partial charge is 0.446 e. The molecule has 0 aliphatic heterocycles. The zero-order valence-corrected chi connectivity index (χ0v) is 17.0. The molecule has 0 bridgehead atoms. The molecule has 3 aromatic rings. The number of alkyl halides is 6.